The number of aliphatic hydroxyl groups is 4. The molecule has 78 heavy (non-hydrogen) atoms. The van der Waals surface area contributed by atoms with E-state index in [1.54, 1.807) is 62.3 Å². The van der Waals surface area contributed by atoms with Crippen LogP contribution < -0.4 is 31.7 Å². The molecule has 1 aromatic carbocycles. The number of nitro benzene ring substituents is 1. The molecule has 30 heteroatoms. The van der Waals surface area contributed by atoms with E-state index in [1.165, 1.54) is 44.3 Å². The summed E-state index contributed by atoms with van der Waals surface area (Å²) in [5.74, 6) is -1.59. The summed E-state index contributed by atoms with van der Waals surface area (Å²) in [6.45, 7) is 14.0. The normalized spacial score (nSPS) is 27.1. The summed E-state index contributed by atoms with van der Waals surface area (Å²) in [6, 6.07) is -0.380. The summed E-state index contributed by atoms with van der Waals surface area (Å²) in [5, 5.41) is 68.3. The predicted molar refractivity (Wildman–Crippen MR) is 273 cm³/mol. The number of carbonyl (C=O) groups is 5. The Morgan fingerprint density at radius 1 is 0.859 bits per heavy atom. The molecule has 442 valence electrons. The molecule has 1 saturated carbocycles. The lowest BCUT2D eigenvalue weighted by Gasteiger charge is -2.50. The van der Waals surface area contributed by atoms with E-state index in [2.05, 4.69) is 26.0 Å². The standard InChI is InChI=1S/C48H78N8O21S/c1-45(2,3)75-42(62)50-20-18-32(57)38(60)52-30-22-31(53-43(63)76-46(4,5)6)36(33(58)35(30)74-40-34(59)37(48(10,65)25-71-40)55(11)44(64)77-47(7,8)9)73-39-29(54-78(68,69)21-19-49)17-16-28(72-39)23-51-41(61)70-24-26-12-14-27(15-13-26)56(66)67/h12-16,29-37,39-40,54,57-59,65H,17-25,49H2,1-11H3,(H,50,62)(H,51,61)(H,52,60)(H,53,63)/t29-,30-,31+,32+,33-,34-,35+,36-,37-,39-,40-,48+/m1/s1. The van der Waals surface area contributed by atoms with Crippen LogP contribution in [-0.4, -0.2) is 198 Å². The molecule has 5 amide bonds. The van der Waals surface area contributed by atoms with Crippen molar-refractivity contribution in [3.63, 3.8) is 0 Å². The molecule has 1 aromatic rings. The number of sulfonamides is 1. The summed E-state index contributed by atoms with van der Waals surface area (Å²) in [5.41, 5.74) is 0.980. The molecule has 4 rings (SSSR count). The number of amides is 5. The SMILES string of the molecule is CN(C(=O)OC(C)(C)C)[C@@H]1[C@@H](O)[C@@H](O[C@@H]2[C@@H](O)[C@H](O[C@H]3OC(CNC(=O)OCc4ccc([N+](=O)[O-])cc4)=CC[C@H]3NS(=O)(=O)CCN)[C@@H](NC(=O)OC(C)(C)C)C[C@H]2NC(=O)[C@@H](O)CCNC(=O)OC(C)(C)C)OC[C@]1(C)O. The van der Waals surface area contributed by atoms with Crippen LogP contribution in [0.15, 0.2) is 36.1 Å². The van der Waals surface area contributed by atoms with Gasteiger partial charge in [0, 0.05) is 32.3 Å². The van der Waals surface area contributed by atoms with Crippen molar-refractivity contribution in [2.45, 2.75) is 185 Å². The molecule has 0 radical (unpaired) electrons. The lowest BCUT2D eigenvalue weighted by Crippen LogP contribution is -2.71. The molecule has 12 atom stereocenters. The van der Waals surface area contributed by atoms with Gasteiger partial charge >= 0.3 is 24.4 Å². The Hall–Kier alpha value is -5.70. The van der Waals surface area contributed by atoms with E-state index in [0.717, 1.165) is 4.90 Å². The lowest BCUT2D eigenvalue weighted by molar-refractivity contribution is -0.384. The second-order valence-electron chi connectivity index (χ2n) is 22.2. The molecule has 1 aliphatic carbocycles. The molecule has 29 nitrogen and oxygen atoms in total. The lowest BCUT2D eigenvalue weighted by atomic mass is 9.82. The molecular weight excluding hydrogens is 1060 g/mol. The number of hydrogen-bond acceptors (Lipinski definition) is 22. The number of aliphatic hydroxyl groups excluding tert-OH is 3. The highest BCUT2D eigenvalue weighted by Gasteiger charge is 2.55. The molecule has 2 fully saturated rings. The number of rotatable bonds is 20. The first-order chi connectivity index (χ1) is 36.0. The van der Waals surface area contributed by atoms with E-state index in [1.807, 2.05) is 0 Å². The molecule has 0 spiro atoms. The molecule has 1 saturated heterocycles. The van der Waals surface area contributed by atoms with Gasteiger partial charge in [0.05, 0.1) is 48.0 Å². The number of nitrogens with zero attached hydrogens (tertiary/aromatic N) is 2. The summed E-state index contributed by atoms with van der Waals surface area (Å²) < 4.78 is 75.2. The molecular formula is C48H78N8O21S. The molecule has 11 N–H and O–H groups in total. The van der Waals surface area contributed by atoms with Crippen LogP contribution in [0.3, 0.4) is 0 Å². The Balaban J connectivity index is 1.72. The van der Waals surface area contributed by atoms with Gasteiger partial charge < -0.3 is 90.2 Å². The van der Waals surface area contributed by atoms with E-state index in [0.29, 0.717) is 5.56 Å². The van der Waals surface area contributed by atoms with Crippen LogP contribution in [-0.2, 0) is 59.3 Å². The fourth-order valence-corrected chi connectivity index (χ4v) is 9.41. The van der Waals surface area contributed by atoms with E-state index in [9.17, 15) is 62.9 Å². The first kappa shape index (κ1) is 64.8. The maximum Gasteiger partial charge on any atom is 0.410 e. The number of alkyl carbamates (subject to hydrolysis) is 3. The minimum atomic E-state index is -4.15. The topological polar surface area (TPSA) is 407 Å². The largest absolute Gasteiger partial charge is 0.466 e. The third kappa shape index (κ3) is 20.2. The van der Waals surface area contributed by atoms with Crippen LogP contribution in [0.4, 0.5) is 24.9 Å². The number of benzene rings is 1. The quantitative estimate of drug-likeness (QED) is 0.0485. The average molecular weight is 1140 g/mol. The van der Waals surface area contributed by atoms with Gasteiger partial charge in [-0.2, -0.15) is 0 Å². The van der Waals surface area contributed by atoms with Crippen molar-refractivity contribution < 1.29 is 95.6 Å². The van der Waals surface area contributed by atoms with Crippen LogP contribution in [0.25, 0.3) is 0 Å². The van der Waals surface area contributed by atoms with E-state index < -0.39 is 154 Å². The Morgan fingerprint density at radius 3 is 2.01 bits per heavy atom. The molecule has 2 heterocycles. The average Bonchev–Trinajstić information content (AvgIpc) is 3.29. The van der Waals surface area contributed by atoms with Crippen molar-refractivity contribution in [1.29, 1.82) is 0 Å². The van der Waals surface area contributed by atoms with Crippen LogP contribution in [0.2, 0.25) is 0 Å². The van der Waals surface area contributed by atoms with Crippen LogP contribution in [0.5, 0.6) is 0 Å². The van der Waals surface area contributed by atoms with Crippen molar-refractivity contribution in [2.24, 2.45) is 5.73 Å². The number of nitrogens with one attached hydrogen (secondary N) is 5. The number of nitro groups is 1. The van der Waals surface area contributed by atoms with Gasteiger partial charge in [-0.3, -0.25) is 14.9 Å². The van der Waals surface area contributed by atoms with E-state index in [-0.39, 0.29) is 50.5 Å². The minimum absolute atomic E-state index is 0.00234. The van der Waals surface area contributed by atoms with Gasteiger partial charge in [0.25, 0.3) is 5.69 Å². The Morgan fingerprint density at radius 2 is 1.44 bits per heavy atom. The molecule has 2 aliphatic heterocycles. The smallest absolute Gasteiger partial charge is 0.410 e. The zero-order valence-corrected chi connectivity index (χ0v) is 46.5. The zero-order chi connectivity index (χ0) is 58.7. The number of ether oxygens (including phenoxy) is 8. The first-order valence-corrected chi connectivity index (χ1v) is 26.7. The highest BCUT2D eigenvalue weighted by Crippen LogP contribution is 2.35. The molecule has 0 bridgehead atoms. The van der Waals surface area contributed by atoms with Crippen molar-refractivity contribution >= 4 is 46.0 Å². The number of likely N-dealkylation sites (N-methyl/N-ethyl adjacent to an activating group) is 1. The van der Waals surface area contributed by atoms with Gasteiger partial charge in [-0.05, 0) is 112 Å². The highest BCUT2D eigenvalue weighted by atomic mass is 32.2. The van der Waals surface area contributed by atoms with Gasteiger partial charge in [0.2, 0.25) is 22.2 Å². The van der Waals surface area contributed by atoms with Crippen molar-refractivity contribution in [1.82, 2.24) is 30.9 Å². The molecule has 0 aromatic heterocycles. The van der Waals surface area contributed by atoms with Crippen LogP contribution >= 0.6 is 0 Å². The van der Waals surface area contributed by atoms with Gasteiger partial charge in [-0.15, -0.1) is 0 Å². The summed E-state index contributed by atoms with van der Waals surface area (Å²) >= 11 is 0. The summed E-state index contributed by atoms with van der Waals surface area (Å²) in [4.78, 5) is 77.4. The molecule has 3 aliphatic rings. The third-order valence-corrected chi connectivity index (χ3v) is 13.1. The number of hydrogen-bond donors (Lipinski definition) is 10. The van der Waals surface area contributed by atoms with E-state index >= 15 is 0 Å². The monoisotopic (exact) mass is 1130 g/mol. The zero-order valence-electron chi connectivity index (χ0n) is 45.7. The van der Waals surface area contributed by atoms with Gasteiger partial charge in [-0.25, -0.2) is 32.3 Å². The summed E-state index contributed by atoms with van der Waals surface area (Å²) in [6.07, 6.45) is -16.1. The second-order valence-corrected chi connectivity index (χ2v) is 24.0. The highest BCUT2D eigenvalue weighted by molar-refractivity contribution is 7.89. The Bertz CT molecular complexity index is 2380. The number of carbonyl (C=O) groups excluding carboxylic acids is 5. The van der Waals surface area contributed by atoms with Crippen molar-refractivity contribution in [3.05, 3.63) is 51.8 Å². The first-order valence-electron chi connectivity index (χ1n) is 25.1. The number of nitrogens with two attached hydrogens (primary N) is 1. The third-order valence-electron chi connectivity index (χ3n) is 11.7. The minimum Gasteiger partial charge on any atom is -0.466 e. The fourth-order valence-electron chi connectivity index (χ4n) is 8.31. The van der Waals surface area contributed by atoms with Gasteiger partial charge in [-0.1, -0.05) is 0 Å². The predicted octanol–water partition coefficient (Wildman–Crippen LogP) is 0.591. The van der Waals surface area contributed by atoms with Gasteiger partial charge in [0.1, 0.15) is 65.3 Å². The van der Waals surface area contributed by atoms with E-state index in [4.69, 9.17) is 43.6 Å². The Labute approximate surface area is 452 Å². The van der Waals surface area contributed by atoms with Gasteiger partial charge in [0.15, 0.2) is 6.29 Å². The summed E-state index contributed by atoms with van der Waals surface area (Å²) in [7, 11) is -2.89. The number of non-ortho nitro benzene ring substituents is 1. The van der Waals surface area contributed by atoms with Crippen molar-refractivity contribution in [3.8, 4) is 0 Å². The molecule has 0 unspecified atom stereocenters. The fraction of sp³-hybridized carbons (Fsp3) is 0.729. The maximum atomic E-state index is 13.9. The van der Waals surface area contributed by atoms with Crippen LogP contribution in [0.1, 0.15) is 94.1 Å². The maximum absolute atomic E-state index is 13.9. The Kier molecular flexibility index (Phi) is 22.4. The second kappa shape index (κ2) is 27.0. The van der Waals surface area contributed by atoms with Crippen LogP contribution in [0, 0.1) is 10.1 Å². The van der Waals surface area contributed by atoms with Crippen molar-refractivity contribution in [2.75, 3.05) is 39.0 Å².